The first-order valence-electron chi connectivity index (χ1n) is 4.42. The Morgan fingerprint density at radius 1 is 1.50 bits per heavy atom. The van der Waals surface area contributed by atoms with Crippen LogP contribution in [0.2, 0.25) is 0 Å². The maximum absolute atomic E-state index is 3.30. The molecule has 0 aromatic rings. The zero-order valence-corrected chi connectivity index (χ0v) is 6.82. The summed E-state index contributed by atoms with van der Waals surface area (Å²) in [7, 11) is 0. The van der Waals surface area contributed by atoms with Gasteiger partial charge in [0.1, 0.15) is 0 Å². The number of hydrogen-bond donors (Lipinski definition) is 0. The van der Waals surface area contributed by atoms with Gasteiger partial charge in [-0.2, -0.15) is 0 Å². The average Bonchev–Trinajstić information content (AvgIpc) is 2.03. The molecule has 0 nitrogen and oxygen atoms in total. The highest BCUT2D eigenvalue weighted by molar-refractivity contribution is 5.06. The lowest BCUT2D eigenvalue weighted by atomic mass is 9.93. The fourth-order valence-corrected chi connectivity index (χ4v) is 1.39. The molecule has 0 saturated carbocycles. The standard InChI is InChI=1S/C10H16/c1-2-3-7-10-8-5-4-6-9-10/h10H,2-5,7-8H2,1H3. The van der Waals surface area contributed by atoms with Crippen molar-refractivity contribution >= 4 is 0 Å². The summed E-state index contributed by atoms with van der Waals surface area (Å²) in [6, 6.07) is 0. The minimum absolute atomic E-state index is 0.744. The summed E-state index contributed by atoms with van der Waals surface area (Å²) in [5.41, 5.74) is 0. The first kappa shape index (κ1) is 7.66. The Balaban J connectivity index is 2.18. The maximum atomic E-state index is 3.30. The maximum Gasteiger partial charge on any atom is 0.0203 e. The Morgan fingerprint density at radius 3 is 3.00 bits per heavy atom. The molecule has 0 radical (unpaired) electrons. The van der Waals surface area contributed by atoms with Crippen molar-refractivity contribution in [3.8, 4) is 11.8 Å². The van der Waals surface area contributed by atoms with Crippen molar-refractivity contribution < 1.29 is 0 Å². The van der Waals surface area contributed by atoms with Gasteiger partial charge in [0.2, 0.25) is 0 Å². The Bertz CT molecular complexity index is 136. The van der Waals surface area contributed by atoms with Crippen LogP contribution in [0.3, 0.4) is 0 Å². The van der Waals surface area contributed by atoms with Crippen LogP contribution in [-0.2, 0) is 0 Å². The summed E-state index contributed by atoms with van der Waals surface area (Å²) >= 11 is 0. The van der Waals surface area contributed by atoms with Crippen LogP contribution >= 0.6 is 0 Å². The van der Waals surface area contributed by atoms with Gasteiger partial charge in [0, 0.05) is 12.3 Å². The summed E-state index contributed by atoms with van der Waals surface area (Å²) in [4.78, 5) is 0. The van der Waals surface area contributed by atoms with E-state index in [-0.39, 0.29) is 0 Å². The van der Waals surface area contributed by atoms with E-state index in [4.69, 9.17) is 0 Å². The van der Waals surface area contributed by atoms with Gasteiger partial charge in [-0.25, -0.2) is 0 Å². The van der Waals surface area contributed by atoms with Crippen molar-refractivity contribution in [3.63, 3.8) is 0 Å². The molecule has 1 aliphatic carbocycles. The molecular weight excluding hydrogens is 120 g/mol. The van der Waals surface area contributed by atoms with Gasteiger partial charge in [-0.15, -0.1) is 5.92 Å². The topological polar surface area (TPSA) is 0 Å². The largest absolute Gasteiger partial charge is 0.103 e. The lowest BCUT2D eigenvalue weighted by Gasteiger charge is -2.11. The fourth-order valence-electron chi connectivity index (χ4n) is 1.39. The van der Waals surface area contributed by atoms with E-state index in [1.807, 2.05) is 0 Å². The second kappa shape index (κ2) is 4.39. The minimum atomic E-state index is 0.744. The van der Waals surface area contributed by atoms with E-state index in [1.165, 1.54) is 32.1 Å². The van der Waals surface area contributed by atoms with Crippen molar-refractivity contribution in [2.24, 2.45) is 5.92 Å². The van der Waals surface area contributed by atoms with E-state index >= 15 is 0 Å². The molecule has 0 saturated heterocycles. The third-order valence-electron chi connectivity index (χ3n) is 2.07. The van der Waals surface area contributed by atoms with Crippen molar-refractivity contribution in [1.82, 2.24) is 0 Å². The lowest BCUT2D eigenvalue weighted by molar-refractivity contribution is 0.508. The van der Waals surface area contributed by atoms with Crippen molar-refractivity contribution in [2.75, 3.05) is 0 Å². The molecule has 0 heteroatoms. The van der Waals surface area contributed by atoms with Gasteiger partial charge >= 0.3 is 0 Å². The number of rotatable bonds is 3. The zero-order valence-electron chi connectivity index (χ0n) is 6.82. The second-order valence-corrected chi connectivity index (χ2v) is 3.05. The Kier molecular flexibility index (Phi) is 3.36. The van der Waals surface area contributed by atoms with Crippen LogP contribution in [0.15, 0.2) is 0 Å². The molecule has 0 aliphatic heterocycles. The summed E-state index contributed by atoms with van der Waals surface area (Å²) < 4.78 is 0. The summed E-state index contributed by atoms with van der Waals surface area (Å²) in [5, 5.41) is 0. The molecule has 0 N–H and O–H groups in total. The summed E-state index contributed by atoms with van der Waals surface area (Å²) in [5.74, 6) is 7.24. The fraction of sp³-hybridized carbons (Fsp3) is 0.800. The normalized spacial score (nSPS) is 23.5. The first-order chi connectivity index (χ1) is 4.93. The molecule has 10 heavy (non-hydrogen) atoms. The molecule has 56 valence electrons. The molecule has 1 aliphatic rings. The highest BCUT2D eigenvalue weighted by atomic mass is 14.1. The minimum Gasteiger partial charge on any atom is -0.103 e. The number of unbranched alkanes of at least 4 members (excludes halogenated alkanes) is 1. The average molecular weight is 136 g/mol. The van der Waals surface area contributed by atoms with Gasteiger partial charge in [0.25, 0.3) is 0 Å². The molecule has 0 bridgehead atoms. The summed E-state index contributed by atoms with van der Waals surface area (Å²) in [6.07, 6.45) is 7.85. The molecule has 0 aromatic carbocycles. The van der Waals surface area contributed by atoms with Crippen molar-refractivity contribution in [3.05, 3.63) is 0 Å². The van der Waals surface area contributed by atoms with E-state index in [1.54, 1.807) is 0 Å². The molecule has 0 aromatic heterocycles. The Morgan fingerprint density at radius 2 is 2.40 bits per heavy atom. The number of hydrogen-bond acceptors (Lipinski definition) is 0. The van der Waals surface area contributed by atoms with Crippen LogP contribution in [0, 0.1) is 17.8 Å². The van der Waals surface area contributed by atoms with Crippen LogP contribution < -0.4 is 0 Å². The van der Waals surface area contributed by atoms with Crippen LogP contribution in [0.1, 0.15) is 45.4 Å². The molecule has 0 heterocycles. The van der Waals surface area contributed by atoms with Gasteiger partial charge in [-0.05, 0) is 19.3 Å². The molecule has 1 unspecified atom stereocenters. The first-order valence-corrected chi connectivity index (χ1v) is 4.42. The second-order valence-electron chi connectivity index (χ2n) is 3.05. The van der Waals surface area contributed by atoms with Gasteiger partial charge in [-0.1, -0.05) is 25.7 Å². The molecular formula is C10H16. The zero-order chi connectivity index (χ0) is 7.23. The Labute approximate surface area is 64.0 Å². The predicted molar refractivity (Wildman–Crippen MR) is 44.6 cm³/mol. The molecule has 0 fully saturated rings. The van der Waals surface area contributed by atoms with Crippen LogP contribution in [0.25, 0.3) is 0 Å². The van der Waals surface area contributed by atoms with E-state index in [2.05, 4.69) is 18.8 Å². The van der Waals surface area contributed by atoms with E-state index in [0.717, 1.165) is 12.3 Å². The molecule has 0 amide bonds. The lowest BCUT2D eigenvalue weighted by Crippen LogP contribution is -2.00. The van der Waals surface area contributed by atoms with Gasteiger partial charge < -0.3 is 0 Å². The third-order valence-corrected chi connectivity index (χ3v) is 2.07. The van der Waals surface area contributed by atoms with Gasteiger partial charge in [0.15, 0.2) is 0 Å². The molecule has 1 rings (SSSR count). The monoisotopic (exact) mass is 136 g/mol. The quantitative estimate of drug-likeness (QED) is 0.523. The summed E-state index contributed by atoms with van der Waals surface area (Å²) in [6.45, 7) is 2.25. The van der Waals surface area contributed by atoms with E-state index in [9.17, 15) is 0 Å². The van der Waals surface area contributed by atoms with Crippen LogP contribution in [0.5, 0.6) is 0 Å². The van der Waals surface area contributed by atoms with Crippen molar-refractivity contribution in [1.29, 1.82) is 0 Å². The molecule has 1 atom stereocenters. The van der Waals surface area contributed by atoms with Crippen LogP contribution in [-0.4, -0.2) is 0 Å². The van der Waals surface area contributed by atoms with Crippen molar-refractivity contribution in [2.45, 2.75) is 45.4 Å². The molecule has 0 spiro atoms. The Hall–Kier alpha value is -0.440. The SMILES string of the molecule is CCCCC1C#CCCC1. The highest BCUT2D eigenvalue weighted by Crippen LogP contribution is 2.17. The third kappa shape index (κ3) is 2.43. The van der Waals surface area contributed by atoms with E-state index < -0.39 is 0 Å². The highest BCUT2D eigenvalue weighted by Gasteiger charge is 2.06. The smallest absolute Gasteiger partial charge is 0.0203 e. The van der Waals surface area contributed by atoms with Gasteiger partial charge in [0.05, 0.1) is 0 Å². The predicted octanol–water partition coefficient (Wildman–Crippen LogP) is 2.98. The van der Waals surface area contributed by atoms with Gasteiger partial charge in [-0.3, -0.25) is 0 Å². The van der Waals surface area contributed by atoms with E-state index in [0.29, 0.717) is 0 Å². The van der Waals surface area contributed by atoms with Crippen LogP contribution in [0.4, 0.5) is 0 Å².